The van der Waals surface area contributed by atoms with Gasteiger partial charge in [0, 0.05) is 17.7 Å². The van der Waals surface area contributed by atoms with Crippen molar-refractivity contribution in [2.45, 2.75) is 6.54 Å². The van der Waals surface area contributed by atoms with Gasteiger partial charge in [-0.25, -0.2) is 4.62 Å². The Labute approximate surface area is 188 Å². The Balaban J connectivity index is 1.57. The number of hydrogen-bond acceptors (Lipinski definition) is 3. The molecule has 0 aromatic heterocycles. The van der Waals surface area contributed by atoms with E-state index in [0.717, 1.165) is 5.56 Å². The van der Waals surface area contributed by atoms with Crippen molar-refractivity contribution < 1.29 is 9.19 Å². The topological polar surface area (TPSA) is 29.5 Å². The van der Waals surface area contributed by atoms with E-state index in [-0.39, 0.29) is 0 Å². The molecule has 4 heteroatoms. The molecule has 158 valence electrons. The molecule has 0 saturated carbocycles. The van der Waals surface area contributed by atoms with Crippen LogP contribution in [0.2, 0.25) is 0 Å². The van der Waals surface area contributed by atoms with Gasteiger partial charge in [-0.15, -0.1) is 0 Å². The van der Waals surface area contributed by atoms with Crippen molar-refractivity contribution in [2.75, 3.05) is 7.05 Å². The molecule has 0 aliphatic carbocycles. The summed E-state index contributed by atoms with van der Waals surface area (Å²) < 4.78 is 20.6. The highest BCUT2D eigenvalue weighted by atomic mass is 31.2. The second-order valence-electron chi connectivity index (χ2n) is 7.89. The predicted molar refractivity (Wildman–Crippen MR) is 134 cm³/mol. The molecule has 0 atom stereocenters. The molecule has 0 fully saturated rings. The lowest BCUT2D eigenvalue weighted by molar-refractivity contribution is -0.0321. The Morgan fingerprint density at radius 3 is 1.59 bits per heavy atom. The second-order valence-corrected chi connectivity index (χ2v) is 10.2. The van der Waals surface area contributed by atoms with Gasteiger partial charge < -0.3 is 0 Å². The largest absolute Gasteiger partial charge is 0.281 e. The van der Waals surface area contributed by atoms with Crippen molar-refractivity contribution in [1.29, 1.82) is 0 Å². The molecule has 5 rings (SSSR count). The zero-order chi connectivity index (χ0) is 22.0. The van der Waals surface area contributed by atoms with Crippen LogP contribution in [0.3, 0.4) is 0 Å². The highest BCUT2D eigenvalue weighted by Gasteiger charge is 2.31. The quantitative estimate of drug-likeness (QED) is 0.178. The average molecular weight is 437 g/mol. The lowest BCUT2D eigenvalue weighted by Crippen LogP contribution is -2.26. The number of fused-ring (bicyclic) bond motifs is 2. The molecule has 0 amide bonds. The normalized spacial score (nSPS) is 11.9. The van der Waals surface area contributed by atoms with Crippen LogP contribution < -0.4 is 10.6 Å². The second kappa shape index (κ2) is 8.72. The number of benzene rings is 5. The Morgan fingerprint density at radius 2 is 1.09 bits per heavy atom. The minimum absolute atomic E-state index is 0.505. The Morgan fingerprint density at radius 1 is 0.656 bits per heavy atom. The zero-order valence-electron chi connectivity index (χ0n) is 17.9. The Bertz CT molecular complexity index is 1320. The van der Waals surface area contributed by atoms with Crippen molar-refractivity contribution in [3.8, 4) is 0 Å². The molecule has 0 spiro atoms. The highest BCUT2D eigenvalue weighted by Crippen LogP contribution is 2.45. The van der Waals surface area contributed by atoms with E-state index in [1.165, 1.54) is 21.5 Å². The Hall–Kier alpha value is -3.23. The lowest BCUT2D eigenvalue weighted by Gasteiger charge is -2.26. The first-order valence-electron chi connectivity index (χ1n) is 10.7. The van der Waals surface area contributed by atoms with Gasteiger partial charge in [0.2, 0.25) is 0 Å². The maximum absolute atomic E-state index is 14.3. The Kier molecular flexibility index (Phi) is 5.63. The summed E-state index contributed by atoms with van der Waals surface area (Å²) in [5, 5.41) is 7.80. The van der Waals surface area contributed by atoms with Crippen LogP contribution in [-0.2, 0) is 15.7 Å². The molecule has 0 N–H and O–H groups in total. The van der Waals surface area contributed by atoms with Gasteiger partial charge in [-0.1, -0.05) is 84.9 Å². The average Bonchev–Trinajstić information content (AvgIpc) is 2.85. The van der Waals surface area contributed by atoms with E-state index in [9.17, 15) is 4.57 Å². The lowest BCUT2D eigenvalue weighted by atomic mass is 9.97. The van der Waals surface area contributed by atoms with Crippen molar-refractivity contribution in [3.63, 3.8) is 0 Å². The van der Waals surface area contributed by atoms with Crippen molar-refractivity contribution >= 4 is 39.5 Å². The first-order valence-corrected chi connectivity index (χ1v) is 12.3. The minimum atomic E-state index is -3.31. The van der Waals surface area contributed by atoms with Gasteiger partial charge in [0.15, 0.2) is 0 Å². The predicted octanol–water partition coefficient (Wildman–Crippen LogP) is 6.29. The van der Waals surface area contributed by atoms with Crippen LogP contribution in [0.1, 0.15) is 5.56 Å². The third-order valence-corrected chi connectivity index (χ3v) is 8.17. The summed E-state index contributed by atoms with van der Waals surface area (Å²) in [5.41, 5.74) is 1.16. The summed E-state index contributed by atoms with van der Waals surface area (Å²) in [5.74, 6) is 0. The number of hydrogen-bond donors (Lipinski definition) is 0. The van der Waals surface area contributed by atoms with Crippen LogP contribution in [0.15, 0.2) is 115 Å². The molecule has 0 bridgehead atoms. The first kappa shape index (κ1) is 20.7. The van der Waals surface area contributed by atoms with Crippen LogP contribution in [0.25, 0.3) is 21.5 Å². The monoisotopic (exact) mass is 437 g/mol. The first-order chi connectivity index (χ1) is 15.6. The summed E-state index contributed by atoms with van der Waals surface area (Å²) in [6, 6.07) is 37.9. The minimum Gasteiger partial charge on any atom is -0.281 e. The number of hydroxylamine groups is 2. The molecular formula is C28H24NO2P. The molecule has 5 aromatic carbocycles. The van der Waals surface area contributed by atoms with E-state index in [1.807, 2.05) is 67.7 Å². The van der Waals surface area contributed by atoms with Crippen LogP contribution in [0, 0.1) is 0 Å². The van der Waals surface area contributed by atoms with Gasteiger partial charge in [-0.2, -0.15) is 5.06 Å². The van der Waals surface area contributed by atoms with E-state index in [1.54, 1.807) is 5.06 Å². The third kappa shape index (κ3) is 3.87. The molecule has 5 aromatic rings. The van der Waals surface area contributed by atoms with Crippen molar-refractivity contribution in [3.05, 3.63) is 121 Å². The third-order valence-electron chi connectivity index (χ3n) is 5.71. The molecule has 0 saturated heterocycles. The molecule has 0 aliphatic rings. The molecule has 0 radical (unpaired) electrons. The summed E-state index contributed by atoms with van der Waals surface area (Å²) in [6.45, 7) is 0.505. The van der Waals surface area contributed by atoms with Gasteiger partial charge in [0.25, 0.3) is 7.37 Å². The molecule has 3 nitrogen and oxygen atoms in total. The molecule has 0 unspecified atom stereocenters. The van der Waals surface area contributed by atoms with Crippen LogP contribution in [-0.4, -0.2) is 12.1 Å². The van der Waals surface area contributed by atoms with Crippen molar-refractivity contribution in [2.24, 2.45) is 0 Å². The van der Waals surface area contributed by atoms with E-state index in [2.05, 4.69) is 54.6 Å². The maximum atomic E-state index is 14.3. The molecule has 0 heterocycles. The van der Waals surface area contributed by atoms with E-state index in [4.69, 9.17) is 4.62 Å². The molecular weight excluding hydrogens is 413 g/mol. The van der Waals surface area contributed by atoms with Gasteiger partial charge in [-0.3, -0.25) is 4.57 Å². The van der Waals surface area contributed by atoms with Gasteiger partial charge in [0.1, 0.15) is 0 Å². The molecule has 32 heavy (non-hydrogen) atoms. The fourth-order valence-corrected chi connectivity index (χ4v) is 6.28. The standard InChI is InChI=1S/C28H24NO2P/c1-29(31-32(30,24-14-4-2-5-15-24)25-16-6-3-7-17-25)21-28-26-18-10-8-12-22(26)20-23-13-9-11-19-27(23)28/h2-20H,21H2,1H3. The summed E-state index contributed by atoms with van der Waals surface area (Å²) in [6.07, 6.45) is 0. The van der Waals surface area contributed by atoms with Gasteiger partial charge in [-0.05, 0) is 57.4 Å². The van der Waals surface area contributed by atoms with Gasteiger partial charge >= 0.3 is 0 Å². The number of rotatable bonds is 6. The van der Waals surface area contributed by atoms with Crippen molar-refractivity contribution in [1.82, 2.24) is 5.06 Å². The fraction of sp³-hybridized carbons (Fsp3) is 0.0714. The van der Waals surface area contributed by atoms with Gasteiger partial charge in [0.05, 0.1) is 6.54 Å². The summed E-state index contributed by atoms with van der Waals surface area (Å²) in [7, 11) is -1.46. The van der Waals surface area contributed by atoms with Crippen LogP contribution >= 0.6 is 7.37 Å². The number of nitrogens with zero attached hydrogens (tertiary/aromatic N) is 1. The van der Waals surface area contributed by atoms with E-state index >= 15 is 0 Å². The summed E-state index contributed by atoms with van der Waals surface area (Å²) >= 11 is 0. The summed E-state index contributed by atoms with van der Waals surface area (Å²) in [4.78, 5) is 0. The fourth-order valence-electron chi connectivity index (χ4n) is 4.22. The maximum Gasteiger partial charge on any atom is 0.277 e. The highest BCUT2D eigenvalue weighted by molar-refractivity contribution is 7.74. The molecule has 0 aliphatic heterocycles. The van der Waals surface area contributed by atoms with E-state index < -0.39 is 7.37 Å². The van der Waals surface area contributed by atoms with Crippen LogP contribution in [0.4, 0.5) is 0 Å². The zero-order valence-corrected chi connectivity index (χ0v) is 18.8. The van der Waals surface area contributed by atoms with E-state index in [0.29, 0.717) is 17.2 Å². The smallest absolute Gasteiger partial charge is 0.277 e. The SMILES string of the molecule is CN(Cc1c2ccccc2cc2ccccc12)OP(=O)(c1ccccc1)c1ccccc1. The van der Waals surface area contributed by atoms with Crippen LogP contribution in [0.5, 0.6) is 0 Å².